The van der Waals surface area contributed by atoms with Crippen LogP contribution in [0.15, 0.2) is 28.9 Å². The van der Waals surface area contributed by atoms with E-state index in [2.05, 4.69) is 33.3 Å². The van der Waals surface area contributed by atoms with Crippen LogP contribution in [0.25, 0.3) is 0 Å². The second-order valence-electron chi connectivity index (χ2n) is 4.75. The maximum absolute atomic E-state index is 13.3. The van der Waals surface area contributed by atoms with E-state index in [0.717, 1.165) is 35.2 Å². The van der Waals surface area contributed by atoms with Gasteiger partial charge >= 0.3 is 0 Å². The van der Waals surface area contributed by atoms with Crippen molar-refractivity contribution >= 4 is 27.5 Å². The number of aryl methyl sites for hydroxylation is 1. The van der Waals surface area contributed by atoms with Gasteiger partial charge in [-0.2, -0.15) is 5.10 Å². The molecule has 114 valence electrons. The standard InChI is InChI=1S/C15H18BrClFN3/c1-3-7-19-14(11-6-5-10(18)8-13(11)17)15-12(16)9-20-21(15)4-2/h5-6,8-9,14,19H,3-4,7H2,1-2H3. The third kappa shape index (κ3) is 3.65. The molecule has 0 aliphatic heterocycles. The molecule has 1 unspecified atom stereocenters. The zero-order valence-corrected chi connectivity index (χ0v) is 14.4. The molecule has 0 saturated heterocycles. The first kappa shape index (κ1) is 16.5. The molecule has 0 amide bonds. The first-order valence-electron chi connectivity index (χ1n) is 6.98. The minimum absolute atomic E-state index is 0.130. The van der Waals surface area contributed by atoms with E-state index in [0.29, 0.717) is 5.02 Å². The first-order valence-corrected chi connectivity index (χ1v) is 8.15. The largest absolute Gasteiger partial charge is 0.305 e. The summed E-state index contributed by atoms with van der Waals surface area (Å²) in [5.41, 5.74) is 1.85. The number of hydrogen-bond donors (Lipinski definition) is 1. The lowest BCUT2D eigenvalue weighted by Gasteiger charge is -2.22. The Morgan fingerprint density at radius 2 is 2.19 bits per heavy atom. The van der Waals surface area contributed by atoms with Crippen molar-refractivity contribution in [3.63, 3.8) is 0 Å². The zero-order valence-electron chi connectivity index (χ0n) is 12.0. The Morgan fingerprint density at radius 1 is 1.43 bits per heavy atom. The number of aromatic nitrogens is 2. The van der Waals surface area contributed by atoms with Crippen LogP contribution < -0.4 is 5.32 Å². The number of benzene rings is 1. The van der Waals surface area contributed by atoms with Crippen LogP contribution >= 0.6 is 27.5 Å². The smallest absolute Gasteiger partial charge is 0.124 e. The number of nitrogens with zero attached hydrogens (tertiary/aromatic N) is 2. The van der Waals surface area contributed by atoms with Crippen LogP contribution in [0.2, 0.25) is 5.02 Å². The van der Waals surface area contributed by atoms with E-state index in [-0.39, 0.29) is 11.9 Å². The van der Waals surface area contributed by atoms with E-state index >= 15 is 0 Å². The fraction of sp³-hybridized carbons (Fsp3) is 0.400. The third-order valence-electron chi connectivity index (χ3n) is 3.28. The molecule has 1 aromatic heterocycles. The van der Waals surface area contributed by atoms with Crippen molar-refractivity contribution in [3.8, 4) is 0 Å². The lowest BCUT2D eigenvalue weighted by Crippen LogP contribution is -2.26. The van der Waals surface area contributed by atoms with Crippen molar-refractivity contribution in [1.29, 1.82) is 0 Å². The van der Waals surface area contributed by atoms with Gasteiger partial charge < -0.3 is 5.32 Å². The molecule has 21 heavy (non-hydrogen) atoms. The molecule has 0 aliphatic rings. The summed E-state index contributed by atoms with van der Waals surface area (Å²) in [5, 5.41) is 8.23. The van der Waals surface area contributed by atoms with Crippen LogP contribution in [0.1, 0.15) is 37.6 Å². The monoisotopic (exact) mass is 373 g/mol. The zero-order chi connectivity index (χ0) is 15.4. The van der Waals surface area contributed by atoms with Gasteiger partial charge in [-0.15, -0.1) is 0 Å². The molecule has 0 spiro atoms. The molecular weight excluding hydrogens is 357 g/mol. The highest BCUT2D eigenvalue weighted by Gasteiger charge is 2.23. The highest BCUT2D eigenvalue weighted by molar-refractivity contribution is 9.10. The maximum Gasteiger partial charge on any atom is 0.124 e. The van der Waals surface area contributed by atoms with E-state index in [1.807, 2.05) is 11.6 Å². The first-order chi connectivity index (χ1) is 10.1. The average Bonchev–Trinajstić information content (AvgIpc) is 2.82. The molecule has 1 heterocycles. The number of rotatable bonds is 6. The minimum Gasteiger partial charge on any atom is -0.305 e. The average molecular weight is 375 g/mol. The Labute approximate surface area is 137 Å². The van der Waals surface area contributed by atoms with Crippen molar-refractivity contribution in [2.75, 3.05) is 6.54 Å². The molecule has 1 N–H and O–H groups in total. The van der Waals surface area contributed by atoms with Gasteiger partial charge in [-0.25, -0.2) is 4.39 Å². The summed E-state index contributed by atoms with van der Waals surface area (Å²) in [6.45, 7) is 5.72. The molecule has 0 radical (unpaired) electrons. The Hall–Kier alpha value is -0.910. The summed E-state index contributed by atoms with van der Waals surface area (Å²) in [6.07, 6.45) is 2.77. The molecule has 0 saturated carbocycles. The fourth-order valence-corrected chi connectivity index (χ4v) is 3.09. The second kappa shape index (κ2) is 7.38. The summed E-state index contributed by atoms with van der Waals surface area (Å²) in [6, 6.07) is 4.38. The number of halogens is 3. The van der Waals surface area contributed by atoms with E-state index in [1.165, 1.54) is 12.1 Å². The highest BCUT2D eigenvalue weighted by atomic mass is 79.9. The van der Waals surface area contributed by atoms with Gasteiger partial charge in [0, 0.05) is 11.6 Å². The highest BCUT2D eigenvalue weighted by Crippen LogP contribution is 2.33. The van der Waals surface area contributed by atoms with Crippen LogP contribution in [-0.2, 0) is 6.54 Å². The lowest BCUT2D eigenvalue weighted by atomic mass is 10.0. The topological polar surface area (TPSA) is 29.9 Å². The molecule has 0 bridgehead atoms. The molecular formula is C15H18BrClFN3. The Kier molecular flexibility index (Phi) is 5.79. The van der Waals surface area contributed by atoms with Gasteiger partial charge in [0.25, 0.3) is 0 Å². The maximum atomic E-state index is 13.3. The minimum atomic E-state index is -0.332. The van der Waals surface area contributed by atoms with E-state index in [9.17, 15) is 4.39 Å². The Bertz CT molecular complexity index is 615. The van der Waals surface area contributed by atoms with Crippen molar-refractivity contribution < 1.29 is 4.39 Å². The fourth-order valence-electron chi connectivity index (χ4n) is 2.29. The molecule has 1 aromatic carbocycles. The SMILES string of the molecule is CCCNC(c1ccc(F)cc1Cl)c1c(Br)cnn1CC. The lowest BCUT2D eigenvalue weighted by molar-refractivity contribution is 0.527. The van der Waals surface area contributed by atoms with E-state index in [1.54, 1.807) is 12.3 Å². The molecule has 2 aromatic rings. The summed E-state index contributed by atoms with van der Waals surface area (Å²) >= 11 is 9.79. The van der Waals surface area contributed by atoms with Gasteiger partial charge in [-0.1, -0.05) is 24.6 Å². The number of nitrogens with one attached hydrogen (secondary N) is 1. The normalized spacial score (nSPS) is 12.6. The Balaban J connectivity index is 2.49. The molecule has 0 fully saturated rings. The Morgan fingerprint density at radius 3 is 2.81 bits per heavy atom. The van der Waals surface area contributed by atoms with Crippen LogP contribution in [0.3, 0.4) is 0 Å². The summed E-state index contributed by atoms with van der Waals surface area (Å²) in [5.74, 6) is -0.332. The van der Waals surface area contributed by atoms with E-state index in [4.69, 9.17) is 11.6 Å². The van der Waals surface area contributed by atoms with Crippen molar-refractivity contribution in [2.45, 2.75) is 32.9 Å². The summed E-state index contributed by atoms with van der Waals surface area (Å²) in [4.78, 5) is 0. The third-order valence-corrected chi connectivity index (χ3v) is 4.22. The summed E-state index contributed by atoms with van der Waals surface area (Å²) < 4.78 is 16.1. The van der Waals surface area contributed by atoms with Crippen LogP contribution in [0.5, 0.6) is 0 Å². The van der Waals surface area contributed by atoms with Crippen LogP contribution in [-0.4, -0.2) is 16.3 Å². The van der Waals surface area contributed by atoms with Gasteiger partial charge in [-0.3, -0.25) is 4.68 Å². The van der Waals surface area contributed by atoms with Crippen molar-refractivity contribution in [2.24, 2.45) is 0 Å². The van der Waals surface area contributed by atoms with Gasteiger partial charge in [-0.05, 0) is 53.5 Å². The van der Waals surface area contributed by atoms with Crippen LogP contribution in [0, 0.1) is 5.82 Å². The summed E-state index contributed by atoms with van der Waals surface area (Å²) in [7, 11) is 0. The van der Waals surface area contributed by atoms with Gasteiger partial charge in [0.05, 0.1) is 22.4 Å². The molecule has 2 rings (SSSR count). The quantitative estimate of drug-likeness (QED) is 0.804. The van der Waals surface area contributed by atoms with Gasteiger partial charge in [0.1, 0.15) is 5.82 Å². The predicted molar refractivity (Wildman–Crippen MR) is 87.1 cm³/mol. The molecule has 6 heteroatoms. The van der Waals surface area contributed by atoms with Crippen molar-refractivity contribution in [3.05, 3.63) is 51.0 Å². The molecule has 3 nitrogen and oxygen atoms in total. The van der Waals surface area contributed by atoms with Gasteiger partial charge in [0.15, 0.2) is 0 Å². The van der Waals surface area contributed by atoms with Crippen molar-refractivity contribution in [1.82, 2.24) is 15.1 Å². The molecule has 1 atom stereocenters. The van der Waals surface area contributed by atoms with E-state index < -0.39 is 0 Å². The second-order valence-corrected chi connectivity index (χ2v) is 6.01. The molecule has 0 aliphatic carbocycles. The number of hydrogen-bond acceptors (Lipinski definition) is 2. The van der Waals surface area contributed by atoms with Crippen LogP contribution in [0.4, 0.5) is 4.39 Å². The predicted octanol–water partition coefficient (Wildman–Crippen LogP) is 4.55. The van der Waals surface area contributed by atoms with Gasteiger partial charge in [0.2, 0.25) is 0 Å².